The number of hydrogen-bond donors (Lipinski definition) is 2. The second-order valence-corrected chi connectivity index (χ2v) is 7.05. The molecule has 2 aromatic carbocycles. The van der Waals surface area contributed by atoms with Gasteiger partial charge in [0.2, 0.25) is 11.4 Å². The van der Waals surface area contributed by atoms with Crippen LogP contribution in [-0.4, -0.2) is 49.6 Å². The Morgan fingerprint density at radius 3 is 2.03 bits per heavy atom. The van der Waals surface area contributed by atoms with Gasteiger partial charge in [-0.25, -0.2) is 9.78 Å². The highest BCUT2D eigenvalue weighted by Gasteiger charge is 2.44. The van der Waals surface area contributed by atoms with Gasteiger partial charge in [0.05, 0.1) is 34.1 Å². The van der Waals surface area contributed by atoms with Crippen LogP contribution in [0.1, 0.15) is 11.3 Å². The highest BCUT2D eigenvalue weighted by Crippen LogP contribution is 2.43. The van der Waals surface area contributed by atoms with Gasteiger partial charge in [0.15, 0.2) is 11.5 Å². The molecule has 1 heterocycles. The van der Waals surface area contributed by atoms with E-state index in [0.29, 0.717) is 10.8 Å². The fourth-order valence-corrected chi connectivity index (χ4v) is 3.85. The Labute approximate surface area is 177 Å². The van der Waals surface area contributed by atoms with Gasteiger partial charge in [-0.15, -0.1) is 11.3 Å². The van der Waals surface area contributed by atoms with Crippen molar-refractivity contribution in [3.63, 3.8) is 0 Å². The summed E-state index contributed by atoms with van der Waals surface area (Å²) in [5, 5.41) is 23.2. The van der Waals surface area contributed by atoms with Gasteiger partial charge in [-0.05, 0) is 36.4 Å². The molecule has 0 amide bonds. The average molecular weight is 431 g/mol. The molecule has 3 aromatic rings. The van der Waals surface area contributed by atoms with Crippen molar-refractivity contribution in [3.8, 4) is 33.6 Å². The molecule has 1 aromatic heterocycles. The van der Waals surface area contributed by atoms with Crippen molar-refractivity contribution in [1.82, 2.24) is 4.98 Å². The van der Waals surface area contributed by atoms with Crippen LogP contribution >= 0.6 is 11.3 Å². The third kappa shape index (κ3) is 3.64. The zero-order valence-corrected chi connectivity index (χ0v) is 17.6. The van der Waals surface area contributed by atoms with E-state index in [0.717, 1.165) is 5.56 Å². The number of carboxylic acid groups (broad SMARTS) is 1. The first-order valence-electron chi connectivity index (χ1n) is 8.75. The molecule has 0 radical (unpaired) electrons. The van der Waals surface area contributed by atoms with Crippen LogP contribution < -0.4 is 18.9 Å². The highest BCUT2D eigenvalue weighted by molar-refractivity contribution is 7.13. The van der Waals surface area contributed by atoms with Crippen molar-refractivity contribution in [1.29, 1.82) is 0 Å². The van der Waals surface area contributed by atoms with Gasteiger partial charge in [0.25, 0.3) is 0 Å². The molecule has 158 valence electrons. The third-order valence-corrected chi connectivity index (χ3v) is 5.50. The van der Waals surface area contributed by atoms with Crippen LogP contribution in [0.4, 0.5) is 0 Å². The number of rotatable bonds is 8. The fraction of sp³-hybridized carbons (Fsp3) is 0.238. The van der Waals surface area contributed by atoms with Gasteiger partial charge in [-0.2, -0.15) is 0 Å². The standard InChI is InChI=1S/C21H21NO7S/c1-26-14-7-5-12(6-8-14)19-22-17(11-30-19)21(25,20(23)24)13-9-15(27-2)18(29-4)16(10-13)28-3/h5-11,25H,1-4H3,(H,23,24). The molecule has 9 heteroatoms. The van der Waals surface area contributed by atoms with Crippen molar-refractivity contribution < 1.29 is 34.0 Å². The molecule has 1 unspecified atom stereocenters. The van der Waals surface area contributed by atoms with Crippen LogP contribution in [0.2, 0.25) is 0 Å². The Morgan fingerprint density at radius 1 is 0.967 bits per heavy atom. The van der Waals surface area contributed by atoms with Crippen LogP contribution in [0.25, 0.3) is 10.6 Å². The number of hydrogen-bond acceptors (Lipinski definition) is 8. The van der Waals surface area contributed by atoms with E-state index in [1.165, 1.54) is 50.2 Å². The van der Waals surface area contributed by atoms with Gasteiger partial charge in [0, 0.05) is 16.5 Å². The Balaban J connectivity index is 2.11. The van der Waals surface area contributed by atoms with E-state index in [1.54, 1.807) is 31.4 Å². The Bertz CT molecular complexity index is 1020. The molecule has 0 bridgehead atoms. The second kappa shape index (κ2) is 8.60. The maximum Gasteiger partial charge on any atom is 0.346 e. The van der Waals surface area contributed by atoms with Crippen LogP contribution in [0.5, 0.6) is 23.0 Å². The molecule has 0 saturated carbocycles. The monoisotopic (exact) mass is 431 g/mol. The lowest BCUT2D eigenvalue weighted by Gasteiger charge is -2.24. The molecular weight excluding hydrogens is 410 g/mol. The van der Waals surface area contributed by atoms with Crippen LogP contribution in [0.15, 0.2) is 41.8 Å². The van der Waals surface area contributed by atoms with Crippen molar-refractivity contribution >= 4 is 17.3 Å². The summed E-state index contributed by atoms with van der Waals surface area (Å²) in [6.07, 6.45) is 0. The maximum absolute atomic E-state index is 12.2. The molecule has 0 fully saturated rings. The van der Waals surface area contributed by atoms with Gasteiger partial charge in [-0.1, -0.05) is 0 Å². The fourth-order valence-electron chi connectivity index (χ4n) is 2.98. The molecule has 0 aliphatic carbocycles. The second-order valence-electron chi connectivity index (χ2n) is 6.20. The van der Waals surface area contributed by atoms with E-state index in [-0.39, 0.29) is 28.5 Å². The number of carbonyl (C=O) groups is 1. The number of aliphatic hydroxyl groups is 1. The van der Waals surface area contributed by atoms with Crippen molar-refractivity contribution in [2.24, 2.45) is 0 Å². The van der Waals surface area contributed by atoms with Gasteiger partial charge >= 0.3 is 5.97 Å². The first-order valence-corrected chi connectivity index (χ1v) is 9.63. The van der Waals surface area contributed by atoms with Crippen molar-refractivity contribution in [2.75, 3.05) is 28.4 Å². The maximum atomic E-state index is 12.2. The smallest absolute Gasteiger partial charge is 0.346 e. The Morgan fingerprint density at radius 2 is 1.57 bits per heavy atom. The number of methoxy groups -OCH3 is 4. The Hall–Kier alpha value is -3.30. The van der Waals surface area contributed by atoms with E-state index in [1.807, 2.05) is 0 Å². The topological polar surface area (TPSA) is 107 Å². The molecule has 0 spiro atoms. The van der Waals surface area contributed by atoms with Gasteiger partial charge in [-0.3, -0.25) is 0 Å². The third-order valence-electron chi connectivity index (χ3n) is 4.60. The summed E-state index contributed by atoms with van der Waals surface area (Å²) in [4.78, 5) is 16.6. The minimum absolute atomic E-state index is 0.0241. The molecule has 8 nitrogen and oxygen atoms in total. The van der Waals surface area contributed by atoms with Gasteiger partial charge in [0.1, 0.15) is 10.8 Å². The summed E-state index contributed by atoms with van der Waals surface area (Å²) >= 11 is 1.22. The number of benzene rings is 2. The summed E-state index contributed by atoms with van der Waals surface area (Å²) in [5.41, 5.74) is -1.66. The first-order chi connectivity index (χ1) is 14.4. The number of aromatic nitrogens is 1. The largest absolute Gasteiger partial charge is 0.497 e. The number of nitrogens with zero attached hydrogens (tertiary/aromatic N) is 1. The quantitative estimate of drug-likeness (QED) is 0.560. The number of carboxylic acids is 1. The minimum Gasteiger partial charge on any atom is -0.497 e. The molecule has 2 N–H and O–H groups in total. The predicted molar refractivity (Wildman–Crippen MR) is 111 cm³/mol. The summed E-state index contributed by atoms with van der Waals surface area (Å²) in [6.45, 7) is 0. The van der Waals surface area contributed by atoms with Crippen molar-refractivity contribution in [2.45, 2.75) is 5.60 Å². The SMILES string of the molecule is COc1ccc(-c2nc(C(O)(C(=O)O)c3cc(OC)c(OC)c(OC)c3)cs2)cc1. The molecule has 0 saturated heterocycles. The zero-order chi connectivity index (χ0) is 21.9. The number of ether oxygens (including phenoxy) is 4. The van der Waals surface area contributed by atoms with E-state index in [4.69, 9.17) is 18.9 Å². The average Bonchev–Trinajstić information content (AvgIpc) is 3.28. The minimum atomic E-state index is -2.42. The zero-order valence-electron chi connectivity index (χ0n) is 16.8. The van der Waals surface area contributed by atoms with Crippen LogP contribution in [0, 0.1) is 0 Å². The van der Waals surface area contributed by atoms with E-state index < -0.39 is 11.6 Å². The molecule has 1 atom stereocenters. The first kappa shape index (κ1) is 21.4. The van der Waals surface area contributed by atoms with Crippen molar-refractivity contribution in [3.05, 3.63) is 53.0 Å². The number of thiazole rings is 1. The summed E-state index contributed by atoms with van der Waals surface area (Å²) < 4.78 is 21.0. The van der Waals surface area contributed by atoms with Gasteiger partial charge < -0.3 is 29.2 Å². The number of aliphatic carboxylic acids is 1. The van der Waals surface area contributed by atoms with E-state index >= 15 is 0 Å². The summed E-state index contributed by atoms with van der Waals surface area (Å²) in [6, 6.07) is 9.95. The predicted octanol–water partition coefficient (Wildman–Crippen LogP) is 3.17. The molecule has 0 aliphatic rings. The lowest BCUT2D eigenvalue weighted by molar-refractivity contribution is -0.155. The summed E-state index contributed by atoms with van der Waals surface area (Å²) in [7, 11) is 5.82. The molecule has 0 aliphatic heterocycles. The van der Waals surface area contributed by atoms with E-state index in [2.05, 4.69) is 4.98 Å². The normalized spacial score (nSPS) is 12.7. The van der Waals surface area contributed by atoms with Crippen LogP contribution in [0.3, 0.4) is 0 Å². The van der Waals surface area contributed by atoms with Crippen LogP contribution in [-0.2, 0) is 10.4 Å². The molecule has 30 heavy (non-hydrogen) atoms. The Kier molecular flexibility index (Phi) is 6.14. The lowest BCUT2D eigenvalue weighted by Crippen LogP contribution is -2.37. The summed E-state index contributed by atoms with van der Waals surface area (Å²) in [5.74, 6) is -0.0682. The lowest BCUT2D eigenvalue weighted by atomic mass is 9.90. The molecular formula is C21H21NO7S. The van der Waals surface area contributed by atoms with E-state index in [9.17, 15) is 15.0 Å². The highest BCUT2D eigenvalue weighted by atomic mass is 32.1. The molecule has 3 rings (SSSR count).